The molecule has 0 aliphatic heterocycles. The first-order valence-corrected chi connectivity index (χ1v) is 5.25. The Labute approximate surface area is 108 Å². The largest absolute Gasteiger partial charge is 0.405 e. The van der Waals surface area contributed by atoms with E-state index >= 15 is 0 Å². The maximum Gasteiger partial charge on any atom is 0.405 e. The molecule has 0 fully saturated rings. The van der Waals surface area contributed by atoms with Gasteiger partial charge in [0.25, 0.3) is 11.6 Å². The number of carbonyl (C=O) groups excluding carboxylic acids is 1. The van der Waals surface area contributed by atoms with E-state index in [4.69, 9.17) is 0 Å². The van der Waals surface area contributed by atoms with E-state index in [0.29, 0.717) is 5.52 Å². The lowest BCUT2D eigenvalue weighted by molar-refractivity contribution is -0.384. The lowest BCUT2D eigenvalue weighted by Crippen LogP contribution is -2.34. The Morgan fingerprint density at radius 1 is 1.45 bits per heavy atom. The third-order valence-corrected chi connectivity index (χ3v) is 2.42. The van der Waals surface area contributed by atoms with Crippen molar-refractivity contribution in [2.75, 3.05) is 6.54 Å². The number of non-ortho nitro benzene ring substituents is 1. The minimum atomic E-state index is -4.55. The van der Waals surface area contributed by atoms with Crippen LogP contribution in [0.25, 0.3) is 10.9 Å². The molecule has 0 radical (unpaired) electrons. The lowest BCUT2D eigenvalue weighted by atomic mass is 10.2. The molecule has 0 saturated carbocycles. The number of aromatic amines is 1. The number of fused-ring (bicyclic) bond motifs is 1. The number of nitrogens with one attached hydrogen (secondary N) is 2. The topological polar surface area (TPSA) is 101 Å². The molecule has 0 spiro atoms. The molecule has 20 heavy (non-hydrogen) atoms. The minimum Gasteiger partial charge on any atom is -0.342 e. The van der Waals surface area contributed by atoms with E-state index in [9.17, 15) is 28.1 Å². The fraction of sp³-hybridized carbons (Fsp3) is 0.200. The lowest BCUT2D eigenvalue weighted by Gasteiger charge is -2.06. The summed E-state index contributed by atoms with van der Waals surface area (Å²) >= 11 is 0. The summed E-state index contributed by atoms with van der Waals surface area (Å²) in [5.74, 6) is -1.06. The molecule has 106 valence electrons. The molecule has 0 aliphatic carbocycles. The molecule has 2 aromatic rings. The zero-order valence-corrected chi connectivity index (χ0v) is 9.69. The summed E-state index contributed by atoms with van der Waals surface area (Å²) < 4.78 is 36.0. The zero-order chi connectivity index (χ0) is 14.9. The van der Waals surface area contributed by atoms with E-state index in [1.54, 1.807) is 5.32 Å². The summed E-state index contributed by atoms with van der Waals surface area (Å²) in [6, 6.07) is 3.58. The van der Waals surface area contributed by atoms with Crippen LogP contribution in [-0.2, 0) is 0 Å². The third-order valence-electron chi connectivity index (χ3n) is 2.42. The average Bonchev–Trinajstić information content (AvgIpc) is 2.77. The molecule has 0 aliphatic rings. The van der Waals surface area contributed by atoms with Crippen molar-refractivity contribution in [3.05, 3.63) is 34.0 Å². The van der Waals surface area contributed by atoms with Gasteiger partial charge < -0.3 is 5.32 Å². The highest BCUT2D eigenvalue weighted by Crippen LogP contribution is 2.22. The molecule has 1 aromatic heterocycles. The first-order chi connectivity index (χ1) is 9.28. The molecule has 0 saturated heterocycles. The summed E-state index contributed by atoms with van der Waals surface area (Å²) in [6.07, 6.45) is -4.55. The van der Waals surface area contributed by atoms with Gasteiger partial charge in [0.1, 0.15) is 6.54 Å². The van der Waals surface area contributed by atoms with Gasteiger partial charge in [0, 0.05) is 17.5 Å². The molecule has 0 bridgehead atoms. The van der Waals surface area contributed by atoms with E-state index in [-0.39, 0.29) is 16.8 Å². The molecular formula is C10H7F3N4O3. The maximum absolute atomic E-state index is 12.0. The van der Waals surface area contributed by atoms with Gasteiger partial charge in [-0.15, -0.1) is 0 Å². The van der Waals surface area contributed by atoms with Gasteiger partial charge in [-0.3, -0.25) is 20.0 Å². The van der Waals surface area contributed by atoms with Crippen LogP contribution in [0.4, 0.5) is 18.9 Å². The van der Waals surface area contributed by atoms with E-state index in [0.717, 1.165) is 6.07 Å². The maximum atomic E-state index is 12.0. The Hall–Kier alpha value is -2.65. The molecule has 7 nitrogen and oxygen atoms in total. The average molecular weight is 288 g/mol. The van der Waals surface area contributed by atoms with Crippen molar-refractivity contribution in [2.24, 2.45) is 0 Å². The van der Waals surface area contributed by atoms with Crippen LogP contribution in [-0.4, -0.2) is 33.7 Å². The number of amides is 1. The highest BCUT2D eigenvalue weighted by Gasteiger charge is 2.29. The number of benzene rings is 1. The van der Waals surface area contributed by atoms with Crippen molar-refractivity contribution in [3.8, 4) is 0 Å². The van der Waals surface area contributed by atoms with E-state index in [1.165, 1.54) is 12.1 Å². The van der Waals surface area contributed by atoms with Gasteiger partial charge >= 0.3 is 6.18 Å². The van der Waals surface area contributed by atoms with Crippen LogP contribution in [0.1, 0.15) is 10.5 Å². The zero-order valence-electron chi connectivity index (χ0n) is 9.69. The molecule has 1 amide bonds. The number of nitro benzene ring substituents is 1. The molecule has 1 heterocycles. The second-order valence-corrected chi connectivity index (χ2v) is 3.86. The second kappa shape index (κ2) is 4.79. The van der Waals surface area contributed by atoms with Gasteiger partial charge in [-0.05, 0) is 6.07 Å². The Morgan fingerprint density at radius 3 is 2.75 bits per heavy atom. The van der Waals surface area contributed by atoms with Gasteiger partial charge in [-0.25, -0.2) is 0 Å². The van der Waals surface area contributed by atoms with E-state index in [1.807, 2.05) is 0 Å². The SMILES string of the molecule is O=C(NCC(F)(F)F)c1n[nH]c2ccc([N+](=O)[O-])cc12. The van der Waals surface area contributed by atoms with Gasteiger partial charge in [0.05, 0.1) is 10.4 Å². The minimum absolute atomic E-state index is 0.0823. The molecule has 0 atom stereocenters. The van der Waals surface area contributed by atoms with Crippen molar-refractivity contribution in [1.82, 2.24) is 15.5 Å². The Morgan fingerprint density at radius 2 is 2.15 bits per heavy atom. The van der Waals surface area contributed by atoms with E-state index < -0.39 is 23.6 Å². The summed E-state index contributed by atoms with van der Waals surface area (Å²) in [4.78, 5) is 21.5. The van der Waals surface area contributed by atoms with Crippen LogP contribution >= 0.6 is 0 Å². The summed E-state index contributed by atoms with van der Waals surface area (Å²) in [5.41, 5.74) is -0.301. The van der Waals surface area contributed by atoms with Gasteiger partial charge in [-0.2, -0.15) is 18.3 Å². The number of halogens is 3. The molecule has 1 aromatic carbocycles. The Kier molecular flexibility index (Phi) is 3.30. The van der Waals surface area contributed by atoms with Gasteiger partial charge in [0.2, 0.25) is 0 Å². The van der Waals surface area contributed by atoms with Crippen LogP contribution in [0, 0.1) is 10.1 Å². The van der Waals surface area contributed by atoms with Crippen LogP contribution in [0.5, 0.6) is 0 Å². The number of nitrogens with zero attached hydrogens (tertiary/aromatic N) is 2. The number of nitro groups is 1. The van der Waals surface area contributed by atoms with Crippen LogP contribution < -0.4 is 5.32 Å². The number of hydrogen-bond acceptors (Lipinski definition) is 4. The Balaban J connectivity index is 2.32. The number of rotatable bonds is 3. The van der Waals surface area contributed by atoms with Gasteiger partial charge in [-0.1, -0.05) is 0 Å². The first-order valence-electron chi connectivity index (χ1n) is 5.25. The number of alkyl halides is 3. The summed E-state index contributed by atoms with van der Waals surface area (Å²) in [7, 11) is 0. The number of H-pyrrole nitrogens is 1. The molecule has 2 N–H and O–H groups in total. The fourth-order valence-corrected chi connectivity index (χ4v) is 1.55. The number of carbonyl (C=O) groups is 1. The second-order valence-electron chi connectivity index (χ2n) is 3.86. The fourth-order valence-electron chi connectivity index (χ4n) is 1.55. The number of hydrogen-bond donors (Lipinski definition) is 2. The Bertz CT molecular complexity index is 680. The van der Waals surface area contributed by atoms with Gasteiger partial charge in [0.15, 0.2) is 5.69 Å². The van der Waals surface area contributed by atoms with Crippen molar-refractivity contribution in [3.63, 3.8) is 0 Å². The monoisotopic (exact) mass is 288 g/mol. The summed E-state index contributed by atoms with van der Waals surface area (Å²) in [5, 5.41) is 18.3. The highest BCUT2D eigenvalue weighted by atomic mass is 19.4. The molecule has 2 rings (SSSR count). The smallest absolute Gasteiger partial charge is 0.342 e. The van der Waals surface area contributed by atoms with Crippen molar-refractivity contribution >= 4 is 22.5 Å². The van der Waals surface area contributed by atoms with Crippen molar-refractivity contribution in [2.45, 2.75) is 6.18 Å². The summed E-state index contributed by atoms with van der Waals surface area (Å²) in [6.45, 7) is -1.50. The quantitative estimate of drug-likeness (QED) is 0.663. The molecular weight excluding hydrogens is 281 g/mol. The normalized spacial score (nSPS) is 11.6. The predicted molar refractivity (Wildman–Crippen MR) is 61.1 cm³/mol. The predicted octanol–water partition coefficient (Wildman–Crippen LogP) is 1.76. The van der Waals surface area contributed by atoms with E-state index in [2.05, 4.69) is 10.2 Å². The van der Waals surface area contributed by atoms with Crippen molar-refractivity contribution < 1.29 is 22.9 Å². The van der Waals surface area contributed by atoms with Crippen LogP contribution in [0.15, 0.2) is 18.2 Å². The highest BCUT2D eigenvalue weighted by molar-refractivity contribution is 6.05. The van der Waals surface area contributed by atoms with Crippen molar-refractivity contribution in [1.29, 1.82) is 0 Å². The molecule has 0 unspecified atom stereocenters. The number of aromatic nitrogens is 2. The first kappa shape index (κ1) is 13.8. The van der Waals surface area contributed by atoms with Crippen LogP contribution in [0.3, 0.4) is 0 Å². The van der Waals surface area contributed by atoms with Crippen LogP contribution in [0.2, 0.25) is 0 Å². The third kappa shape index (κ3) is 2.84. The standard InChI is InChI=1S/C10H7F3N4O3/c11-10(12,13)4-14-9(18)8-6-3-5(17(19)20)1-2-7(6)15-16-8/h1-3H,4H2,(H,14,18)(H,15,16). The molecule has 10 heteroatoms.